The quantitative estimate of drug-likeness (QED) is 0.596. The lowest BCUT2D eigenvalue weighted by Gasteiger charge is -2.25. The lowest BCUT2D eigenvalue weighted by Crippen LogP contribution is -2.42. The summed E-state index contributed by atoms with van der Waals surface area (Å²) in [5.41, 5.74) is 3.26. The zero-order valence-corrected chi connectivity index (χ0v) is 18.4. The molecule has 0 spiro atoms. The molecule has 160 valence electrons. The molecule has 0 aliphatic carbocycles. The summed E-state index contributed by atoms with van der Waals surface area (Å²) in [6.07, 6.45) is 0.443. The van der Waals surface area contributed by atoms with Crippen LogP contribution in [-0.4, -0.2) is 31.1 Å². The maximum absolute atomic E-state index is 13.4. The van der Waals surface area contributed by atoms with Crippen molar-refractivity contribution in [3.8, 4) is 5.75 Å². The number of rotatable bonds is 5. The monoisotopic (exact) mass is 435 g/mol. The molecule has 0 amide bonds. The summed E-state index contributed by atoms with van der Waals surface area (Å²) < 4.78 is 33.9. The van der Waals surface area contributed by atoms with Gasteiger partial charge in [-0.05, 0) is 49.6 Å². The average Bonchev–Trinajstić information content (AvgIpc) is 2.90. The van der Waals surface area contributed by atoms with Gasteiger partial charge >= 0.3 is 0 Å². The number of fused-ring (bicyclic) bond motifs is 1. The van der Waals surface area contributed by atoms with E-state index in [0.29, 0.717) is 24.3 Å². The van der Waals surface area contributed by atoms with Crippen molar-refractivity contribution in [2.45, 2.75) is 37.8 Å². The second kappa shape index (κ2) is 8.65. The third-order valence-electron chi connectivity index (χ3n) is 5.64. The smallest absolute Gasteiger partial charge is 0.243 e. The van der Waals surface area contributed by atoms with Gasteiger partial charge in [0.05, 0.1) is 16.5 Å². The molecule has 1 aliphatic rings. The molecule has 3 aromatic carbocycles. The lowest BCUT2D eigenvalue weighted by molar-refractivity contribution is 0.0911. The summed E-state index contributed by atoms with van der Waals surface area (Å²) in [5.74, 6) is 0.250. The fourth-order valence-corrected chi connectivity index (χ4v) is 5.45. The Kier molecular flexibility index (Phi) is 5.94. The number of carbonyl (C=O) groups excluding carboxylic acids is 1. The third-order valence-corrected chi connectivity index (χ3v) is 7.62. The van der Waals surface area contributed by atoms with Gasteiger partial charge < -0.3 is 4.74 Å². The molecule has 0 saturated carbocycles. The van der Waals surface area contributed by atoms with Crippen molar-refractivity contribution in [3.63, 3.8) is 0 Å². The third kappa shape index (κ3) is 4.27. The fraction of sp³-hybridized carbons (Fsp3) is 0.240. The molecule has 1 atom stereocenters. The van der Waals surface area contributed by atoms with Crippen molar-refractivity contribution < 1.29 is 17.9 Å². The van der Waals surface area contributed by atoms with Crippen LogP contribution >= 0.6 is 0 Å². The molecule has 1 aliphatic heterocycles. The fourth-order valence-electron chi connectivity index (χ4n) is 3.86. The molecule has 0 unspecified atom stereocenters. The molecule has 3 aromatic rings. The first-order valence-corrected chi connectivity index (χ1v) is 11.7. The van der Waals surface area contributed by atoms with Crippen LogP contribution in [0.25, 0.3) is 0 Å². The Bertz CT molecular complexity index is 1190. The zero-order chi connectivity index (χ0) is 22.0. The van der Waals surface area contributed by atoms with Crippen molar-refractivity contribution in [2.24, 2.45) is 0 Å². The van der Waals surface area contributed by atoms with Crippen LogP contribution in [0.4, 0.5) is 0 Å². The Morgan fingerprint density at radius 3 is 2.39 bits per heavy atom. The van der Waals surface area contributed by atoms with E-state index in [1.807, 2.05) is 49.4 Å². The number of carbonyl (C=O) groups is 1. The van der Waals surface area contributed by atoms with E-state index in [1.54, 1.807) is 37.3 Å². The number of nitrogens with zero attached hydrogens (tertiary/aromatic N) is 1. The van der Waals surface area contributed by atoms with Crippen molar-refractivity contribution in [3.05, 3.63) is 95.1 Å². The number of hydrogen-bond donors (Lipinski definition) is 0. The first kappa shape index (κ1) is 21.3. The summed E-state index contributed by atoms with van der Waals surface area (Å²) in [6, 6.07) is 21.1. The second-order valence-corrected chi connectivity index (χ2v) is 9.67. The van der Waals surface area contributed by atoms with Crippen LogP contribution in [0.1, 0.15) is 34.0 Å². The number of Topliss-reactive ketones (excluding diaryl/α,β-unsaturated/α-hetero) is 1. The van der Waals surface area contributed by atoms with E-state index in [4.69, 9.17) is 4.74 Å². The van der Waals surface area contributed by atoms with E-state index in [9.17, 15) is 13.2 Å². The zero-order valence-electron chi connectivity index (χ0n) is 17.6. The lowest BCUT2D eigenvalue weighted by atomic mass is 9.98. The number of benzene rings is 3. The van der Waals surface area contributed by atoms with Crippen LogP contribution in [0.15, 0.2) is 77.7 Å². The SMILES string of the molecule is Cc1ccc(S(=O)(=O)N2CCc3cccc(OCc4ccccc4)c3C(=O)[C@H]2C)cc1. The van der Waals surface area contributed by atoms with Crippen LogP contribution < -0.4 is 4.74 Å². The van der Waals surface area contributed by atoms with Crippen LogP contribution in [-0.2, 0) is 23.1 Å². The normalized spacial score (nSPS) is 17.1. The molecular weight excluding hydrogens is 410 g/mol. The van der Waals surface area contributed by atoms with Gasteiger partial charge in [-0.3, -0.25) is 4.79 Å². The van der Waals surface area contributed by atoms with Gasteiger partial charge in [0.15, 0.2) is 5.78 Å². The minimum absolute atomic E-state index is 0.198. The molecule has 5 nitrogen and oxygen atoms in total. The molecule has 0 saturated heterocycles. The molecular formula is C25H25NO4S. The van der Waals surface area contributed by atoms with Gasteiger partial charge in [-0.15, -0.1) is 0 Å². The van der Waals surface area contributed by atoms with Gasteiger partial charge in [-0.1, -0.05) is 60.2 Å². The highest BCUT2D eigenvalue weighted by Crippen LogP contribution is 2.31. The summed E-state index contributed by atoms with van der Waals surface area (Å²) >= 11 is 0. The van der Waals surface area contributed by atoms with Gasteiger partial charge in [0, 0.05) is 6.54 Å². The van der Waals surface area contributed by atoms with Crippen LogP contribution in [0.5, 0.6) is 5.75 Å². The molecule has 1 heterocycles. The van der Waals surface area contributed by atoms with E-state index in [0.717, 1.165) is 16.7 Å². The van der Waals surface area contributed by atoms with Crippen LogP contribution in [0.2, 0.25) is 0 Å². The number of ketones is 1. The first-order chi connectivity index (χ1) is 14.9. The van der Waals surface area contributed by atoms with Crippen molar-refractivity contribution in [1.82, 2.24) is 4.31 Å². The molecule has 0 bridgehead atoms. The molecule has 0 N–H and O–H groups in total. The second-order valence-electron chi connectivity index (χ2n) is 7.78. The highest BCUT2D eigenvalue weighted by atomic mass is 32.2. The minimum Gasteiger partial charge on any atom is -0.488 e. The summed E-state index contributed by atoms with van der Waals surface area (Å²) in [7, 11) is -3.80. The summed E-state index contributed by atoms with van der Waals surface area (Å²) in [4.78, 5) is 13.6. The van der Waals surface area contributed by atoms with Gasteiger partial charge in [0.25, 0.3) is 0 Å². The van der Waals surface area contributed by atoms with Gasteiger partial charge in [-0.25, -0.2) is 8.42 Å². The standard InChI is InChI=1S/C25H25NO4S/c1-18-11-13-22(14-12-18)31(28,29)26-16-15-21-9-6-10-23(24(21)25(27)19(26)2)30-17-20-7-4-3-5-8-20/h3-14,19H,15-17H2,1-2H3/t19-/m1/s1. The maximum Gasteiger partial charge on any atom is 0.243 e. The maximum atomic E-state index is 13.4. The number of aryl methyl sites for hydroxylation is 1. The summed E-state index contributed by atoms with van der Waals surface area (Å²) in [5, 5.41) is 0. The Morgan fingerprint density at radius 2 is 1.68 bits per heavy atom. The van der Waals surface area contributed by atoms with Crippen LogP contribution in [0, 0.1) is 6.92 Å². The van der Waals surface area contributed by atoms with E-state index in [-0.39, 0.29) is 17.2 Å². The Balaban J connectivity index is 1.64. The van der Waals surface area contributed by atoms with E-state index in [1.165, 1.54) is 4.31 Å². The number of sulfonamides is 1. The molecule has 0 fully saturated rings. The summed E-state index contributed by atoms with van der Waals surface area (Å²) in [6.45, 7) is 4.13. The topological polar surface area (TPSA) is 63.7 Å². The predicted molar refractivity (Wildman–Crippen MR) is 120 cm³/mol. The van der Waals surface area contributed by atoms with E-state index >= 15 is 0 Å². The minimum atomic E-state index is -3.80. The van der Waals surface area contributed by atoms with Crippen molar-refractivity contribution >= 4 is 15.8 Å². The van der Waals surface area contributed by atoms with Crippen molar-refractivity contribution in [1.29, 1.82) is 0 Å². The highest BCUT2D eigenvalue weighted by molar-refractivity contribution is 7.89. The molecule has 31 heavy (non-hydrogen) atoms. The van der Waals surface area contributed by atoms with E-state index < -0.39 is 16.1 Å². The van der Waals surface area contributed by atoms with Crippen LogP contribution in [0.3, 0.4) is 0 Å². The van der Waals surface area contributed by atoms with E-state index in [2.05, 4.69) is 0 Å². The molecule has 0 radical (unpaired) electrons. The largest absolute Gasteiger partial charge is 0.488 e. The Labute approximate surface area is 183 Å². The van der Waals surface area contributed by atoms with Gasteiger partial charge in [-0.2, -0.15) is 4.31 Å². The first-order valence-electron chi connectivity index (χ1n) is 10.3. The Morgan fingerprint density at radius 1 is 0.968 bits per heavy atom. The predicted octanol–water partition coefficient (Wildman–Crippen LogP) is 4.39. The number of hydrogen-bond acceptors (Lipinski definition) is 4. The van der Waals surface area contributed by atoms with Gasteiger partial charge in [0.2, 0.25) is 10.0 Å². The average molecular weight is 436 g/mol. The van der Waals surface area contributed by atoms with Crippen molar-refractivity contribution in [2.75, 3.05) is 6.54 Å². The van der Waals surface area contributed by atoms with Gasteiger partial charge in [0.1, 0.15) is 12.4 Å². The molecule has 4 rings (SSSR count). The highest BCUT2D eigenvalue weighted by Gasteiger charge is 2.37. The molecule has 6 heteroatoms. The Hall–Kier alpha value is -2.96. The number of ether oxygens (including phenoxy) is 1. The molecule has 0 aromatic heterocycles.